The third kappa shape index (κ3) is 3.11. The number of aromatic nitrogens is 1. The van der Waals surface area contributed by atoms with Crippen LogP contribution in [0.5, 0.6) is 0 Å². The van der Waals surface area contributed by atoms with Crippen molar-refractivity contribution in [2.75, 3.05) is 5.75 Å². The normalized spacial score (nSPS) is 11.6. The van der Waals surface area contributed by atoms with Gasteiger partial charge in [-0.3, -0.25) is 4.57 Å². The lowest BCUT2D eigenvalue weighted by Gasteiger charge is -2.16. The van der Waals surface area contributed by atoms with Gasteiger partial charge in [0.15, 0.2) is 5.58 Å². The van der Waals surface area contributed by atoms with Crippen molar-refractivity contribution in [2.45, 2.75) is 57.4 Å². The second kappa shape index (κ2) is 7.02. The van der Waals surface area contributed by atoms with Gasteiger partial charge >= 0.3 is 5.76 Å². The summed E-state index contributed by atoms with van der Waals surface area (Å²) in [5.41, 5.74) is 1.65. The quantitative estimate of drug-likeness (QED) is 0.685. The molecule has 0 spiro atoms. The molecule has 2 aromatic rings. The maximum Gasteiger partial charge on any atom is 0.420 e. The van der Waals surface area contributed by atoms with Crippen molar-refractivity contribution in [1.82, 2.24) is 4.57 Å². The van der Waals surface area contributed by atoms with Crippen LogP contribution in [-0.2, 0) is 0 Å². The van der Waals surface area contributed by atoms with Crippen molar-refractivity contribution in [2.24, 2.45) is 0 Å². The lowest BCUT2D eigenvalue weighted by atomic mass is 10.1. The molecule has 4 heteroatoms. The van der Waals surface area contributed by atoms with E-state index >= 15 is 0 Å². The molecule has 0 fully saturated rings. The fourth-order valence-corrected chi connectivity index (χ4v) is 3.38. The maximum atomic E-state index is 12.2. The average Bonchev–Trinajstić information content (AvgIpc) is 2.74. The van der Waals surface area contributed by atoms with Crippen molar-refractivity contribution >= 4 is 22.9 Å². The monoisotopic (exact) mass is 293 g/mol. The van der Waals surface area contributed by atoms with E-state index in [-0.39, 0.29) is 11.8 Å². The van der Waals surface area contributed by atoms with Gasteiger partial charge in [-0.05, 0) is 36.8 Å². The highest BCUT2D eigenvalue weighted by Crippen LogP contribution is 2.27. The van der Waals surface area contributed by atoms with E-state index in [4.69, 9.17) is 4.42 Å². The molecule has 1 heterocycles. The van der Waals surface area contributed by atoms with Crippen LogP contribution in [0.3, 0.4) is 0 Å². The predicted octanol–water partition coefficient (Wildman–Crippen LogP) is 4.85. The van der Waals surface area contributed by atoms with E-state index in [2.05, 4.69) is 26.8 Å². The zero-order valence-corrected chi connectivity index (χ0v) is 13.3. The fraction of sp³-hybridized carbons (Fsp3) is 0.562. The Kier molecular flexibility index (Phi) is 5.35. The molecule has 0 aliphatic rings. The summed E-state index contributed by atoms with van der Waals surface area (Å²) in [6, 6.07) is 6.28. The second-order valence-electron chi connectivity index (χ2n) is 5.03. The zero-order valence-electron chi connectivity index (χ0n) is 12.5. The molecule has 0 aliphatic carbocycles. The first kappa shape index (κ1) is 15.2. The maximum absolute atomic E-state index is 12.2. The van der Waals surface area contributed by atoms with Crippen molar-refractivity contribution in [3.63, 3.8) is 0 Å². The van der Waals surface area contributed by atoms with Crippen LogP contribution in [0.4, 0.5) is 0 Å². The van der Waals surface area contributed by atoms with Crippen LogP contribution in [0.15, 0.2) is 32.3 Å². The van der Waals surface area contributed by atoms with E-state index < -0.39 is 0 Å². The lowest BCUT2D eigenvalue weighted by molar-refractivity contribution is 0.392. The van der Waals surface area contributed by atoms with Crippen molar-refractivity contribution < 1.29 is 4.42 Å². The van der Waals surface area contributed by atoms with E-state index in [0.717, 1.165) is 37.0 Å². The Labute approximate surface area is 124 Å². The molecule has 0 saturated heterocycles. The molecule has 2 rings (SSSR count). The molecule has 0 saturated carbocycles. The van der Waals surface area contributed by atoms with Crippen molar-refractivity contribution in [3.8, 4) is 0 Å². The van der Waals surface area contributed by atoms with E-state index in [1.54, 1.807) is 11.8 Å². The highest BCUT2D eigenvalue weighted by molar-refractivity contribution is 7.99. The number of benzene rings is 1. The number of thioether (sulfide) groups is 1. The van der Waals surface area contributed by atoms with E-state index in [0.29, 0.717) is 5.58 Å². The van der Waals surface area contributed by atoms with Crippen LogP contribution in [-0.4, -0.2) is 10.3 Å². The Balaban J connectivity index is 2.51. The number of hydrogen-bond donors (Lipinski definition) is 0. The number of hydrogen-bond acceptors (Lipinski definition) is 3. The second-order valence-corrected chi connectivity index (χ2v) is 6.37. The predicted molar refractivity (Wildman–Crippen MR) is 85.7 cm³/mol. The largest absolute Gasteiger partial charge is 0.420 e. The summed E-state index contributed by atoms with van der Waals surface area (Å²) in [7, 11) is 0. The Morgan fingerprint density at radius 3 is 2.50 bits per heavy atom. The standard InChI is InChI=1S/C16H23NO2S/c1-4-7-12(8-5-2)17-14-11-13(20-6-3)9-10-15(14)19-16(17)18/h9-12H,4-8H2,1-3H3. The van der Waals surface area contributed by atoms with Crippen molar-refractivity contribution in [1.29, 1.82) is 0 Å². The van der Waals surface area contributed by atoms with Crippen molar-refractivity contribution in [3.05, 3.63) is 28.7 Å². The van der Waals surface area contributed by atoms with E-state index in [1.165, 1.54) is 4.90 Å². The molecule has 0 atom stereocenters. The lowest BCUT2D eigenvalue weighted by Crippen LogP contribution is -2.20. The van der Waals surface area contributed by atoms with E-state index in [1.807, 2.05) is 16.7 Å². The summed E-state index contributed by atoms with van der Waals surface area (Å²) < 4.78 is 7.27. The van der Waals surface area contributed by atoms with Crippen LogP contribution in [0.1, 0.15) is 52.5 Å². The minimum Gasteiger partial charge on any atom is -0.408 e. The van der Waals surface area contributed by atoms with Crippen LogP contribution in [0.25, 0.3) is 11.1 Å². The molecule has 110 valence electrons. The molecule has 20 heavy (non-hydrogen) atoms. The average molecular weight is 293 g/mol. The zero-order chi connectivity index (χ0) is 14.5. The Hall–Kier alpha value is -1.16. The van der Waals surface area contributed by atoms with Gasteiger partial charge in [0.1, 0.15) is 0 Å². The van der Waals surface area contributed by atoms with Crippen LogP contribution >= 0.6 is 11.8 Å². The highest BCUT2D eigenvalue weighted by atomic mass is 32.2. The molecule has 0 N–H and O–H groups in total. The van der Waals surface area contributed by atoms with Gasteiger partial charge in [-0.15, -0.1) is 11.8 Å². The molecular weight excluding hydrogens is 270 g/mol. The molecule has 0 aliphatic heterocycles. The third-order valence-electron chi connectivity index (χ3n) is 3.50. The SMILES string of the molecule is CCCC(CCC)n1c(=O)oc2ccc(SCC)cc21. The van der Waals surface area contributed by atoms with Gasteiger partial charge in [-0.1, -0.05) is 33.6 Å². The van der Waals surface area contributed by atoms with Gasteiger partial charge in [0, 0.05) is 10.9 Å². The summed E-state index contributed by atoms with van der Waals surface area (Å²) in [5, 5.41) is 0. The Morgan fingerprint density at radius 1 is 1.20 bits per heavy atom. The molecule has 0 bridgehead atoms. The molecule has 1 aromatic carbocycles. The molecule has 3 nitrogen and oxygen atoms in total. The molecular formula is C16H23NO2S. The number of fused-ring (bicyclic) bond motifs is 1. The smallest absolute Gasteiger partial charge is 0.408 e. The Bertz CT molecular complexity index is 608. The molecule has 0 amide bonds. The molecule has 1 aromatic heterocycles. The van der Waals surface area contributed by atoms with Crippen LogP contribution < -0.4 is 5.76 Å². The van der Waals surface area contributed by atoms with Crippen LogP contribution in [0, 0.1) is 0 Å². The molecule has 0 unspecified atom stereocenters. The van der Waals surface area contributed by atoms with Crippen LogP contribution in [0.2, 0.25) is 0 Å². The highest BCUT2D eigenvalue weighted by Gasteiger charge is 2.17. The first-order valence-electron chi connectivity index (χ1n) is 7.49. The minimum absolute atomic E-state index is 0.217. The third-order valence-corrected chi connectivity index (χ3v) is 4.38. The van der Waals surface area contributed by atoms with Gasteiger partial charge in [-0.2, -0.15) is 0 Å². The van der Waals surface area contributed by atoms with E-state index in [9.17, 15) is 4.79 Å². The summed E-state index contributed by atoms with van der Waals surface area (Å²) >= 11 is 1.79. The summed E-state index contributed by atoms with van der Waals surface area (Å²) in [6.07, 6.45) is 4.20. The topological polar surface area (TPSA) is 35.1 Å². The summed E-state index contributed by atoms with van der Waals surface area (Å²) in [5.74, 6) is 0.812. The van der Waals surface area contributed by atoms with Gasteiger partial charge in [-0.25, -0.2) is 4.79 Å². The minimum atomic E-state index is -0.217. The Morgan fingerprint density at radius 2 is 1.90 bits per heavy atom. The van der Waals surface area contributed by atoms with Gasteiger partial charge in [0.25, 0.3) is 0 Å². The molecule has 0 radical (unpaired) electrons. The number of nitrogens with zero attached hydrogens (tertiary/aromatic N) is 1. The fourth-order valence-electron chi connectivity index (χ4n) is 2.68. The number of oxazole rings is 1. The first-order chi connectivity index (χ1) is 9.71. The van der Waals surface area contributed by atoms with Gasteiger partial charge in [0.05, 0.1) is 5.52 Å². The number of rotatable bonds is 7. The van der Waals surface area contributed by atoms with Gasteiger partial charge in [0.2, 0.25) is 0 Å². The first-order valence-corrected chi connectivity index (χ1v) is 8.47. The summed E-state index contributed by atoms with van der Waals surface area (Å²) in [4.78, 5) is 13.4. The van der Waals surface area contributed by atoms with Gasteiger partial charge < -0.3 is 4.42 Å². The summed E-state index contributed by atoms with van der Waals surface area (Å²) in [6.45, 7) is 6.46.